The third-order valence-electron chi connectivity index (χ3n) is 2.34. The molecule has 1 aromatic carbocycles. The van der Waals surface area contributed by atoms with Crippen LogP contribution < -0.4 is 0 Å². The number of rotatable bonds is 2. The van der Waals surface area contributed by atoms with Crippen LogP contribution in [0.15, 0.2) is 48.2 Å². The Labute approximate surface area is 96.8 Å². The van der Waals surface area contributed by atoms with E-state index in [1.807, 2.05) is 17.8 Å². The molecule has 3 rings (SSSR count). The van der Waals surface area contributed by atoms with E-state index in [2.05, 4.69) is 39.2 Å². The standard InChI is InChI=1S/C12H9N3S/c1-3-10(12-15-7-8-16-12)4-2-9(1)11-13-5-6-14-11/h1-8H,(H,13,14). The summed E-state index contributed by atoms with van der Waals surface area (Å²) in [6.45, 7) is 0. The fraction of sp³-hybridized carbons (Fsp3) is 0. The third-order valence-corrected chi connectivity index (χ3v) is 3.16. The fourth-order valence-electron chi connectivity index (χ4n) is 1.56. The fourth-order valence-corrected chi connectivity index (χ4v) is 2.20. The van der Waals surface area contributed by atoms with E-state index in [-0.39, 0.29) is 0 Å². The van der Waals surface area contributed by atoms with Crippen molar-refractivity contribution >= 4 is 11.3 Å². The quantitative estimate of drug-likeness (QED) is 0.730. The summed E-state index contributed by atoms with van der Waals surface area (Å²) in [5.74, 6) is 0.894. The molecule has 3 aromatic rings. The van der Waals surface area contributed by atoms with E-state index >= 15 is 0 Å². The third kappa shape index (κ3) is 1.63. The van der Waals surface area contributed by atoms with Gasteiger partial charge in [0.1, 0.15) is 10.8 Å². The lowest BCUT2D eigenvalue weighted by molar-refractivity contribution is 1.31. The Hall–Kier alpha value is -1.94. The average molecular weight is 227 g/mol. The Morgan fingerprint density at radius 1 is 0.938 bits per heavy atom. The highest BCUT2D eigenvalue weighted by atomic mass is 32.1. The average Bonchev–Trinajstić information content (AvgIpc) is 3.03. The largest absolute Gasteiger partial charge is 0.345 e. The van der Waals surface area contributed by atoms with Crippen LogP contribution in [0.25, 0.3) is 22.0 Å². The molecule has 0 aliphatic rings. The number of aromatic amines is 1. The predicted molar refractivity (Wildman–Crippen MR) is 65.1 cm³/mol. The van der Waals surface area contributed by atoms with Crippen molar-refractivity contribution in [2.45, 2.75) is 0 Å². The number of hydrogen-bond donors (Lipinski definition) is 1. The summed E-state index contributed by atoms with van der Waals surface area (Å²) in [5, 5.41) is 3.03. The zero-order valence-corrected chi connectivity index (χ0v) is 9.24. The number of H-pyrrole nitrogens is 1. The minimum Gasteiger partial charge on any atom is -0.345 e. The minimum atomic E-state index is 0.894. The summed E-state index contributed by atoms with van der Waals surface area (Å²) < 4.78 is 0. The van der Waals surface area contributed by atoms with Crippen molar-refractivity contribution in [2.24, 2.45) is 0 Å². The number of imidazole rings is 1. The van der Waals surface area contributed by atoms with Gasteiger partial charge in [-0.25, -0.2) is 9.97 Å². The molecule has 2 aromatic heterocycles. The van der Waals surface area contributed by atoms with Crippen LogP contribution in [0.2, 0.25) is 0 Å². The summed E-state index contributed by atoms with van der Waals surface area (Å²) in [6.07, 6.45) is 5.40. The van der Waals surface area contributed by atoms with Crippen LogP contribution in [0.1, 0.15) is 0 Å². The highest BCUT2D eigenvalue weighted by molar-refractivity contribution is 7.13. The Morgan fingerprint density at radius 3 is 2.38 bits per heavy atom. The van der Waals surface area contributed by atoms with E-state index in [1.54, 1.807) is 17.5 Å². The number of nitrogens with zero attached hydrogens (tertiary/aromatic N) is 2. The number of thiazole rings is 1. The first kappa shape index (κ1) is 9.30. The van der Waals surface area contributed by atoms with E-state index < -0.39 is 0 Å². The topological polar surface area (TPSA) is 41.6 Å². The van der Waals surface area contributed by atoms with Crippen LogP contribution in [0, 0.1) is 0 Å². The second-order valence-electron chi connectivity index (χ2n) is 3.35. The van der Waals surface area contributed by atoms with Crippen LogP contribution in [0.3, 0.4) is 0 Å². The number of nitrogens with one attached hydrogen (secondary N) is 1. The first-order chi connectivity index (χ1) is 7.93. The van der Waals surface area contributed by atoms with Gasteiger partial charge < -0.3 is 4.98 Å². The molecule has 0 bridgehead atoms. The van der Waals surface area contributed by atoms with Gasteiger partial charge in [0, 0.05) is 35.1 Å². The summed E-state index contributed by atoms with van der Waals surface area (Å²) in [6, 6.07) is 8.23. The van der Waals surface area contributed by atoms with Crippen molar-refractivity contribution in [1.29, 1.82) is 0 Å². The molecule has 2 heterocycles. The van der Waals surface area contributed by atoms with Gasteiger partial charge in [0.05, 0.1) is 0 Å². The molecule has 0 fully saturated rings. The van der Waals surface area contributed by atoms with Crippen molar-refractivity contribution in [3.8, 4) is 22.0 Å². The highest BCUT2D eigenvalue weighted by Crippen LogP contribution is 2.24. The van der Waals surface area contributed by atoms with Crippen molar-refractivity contribution in [3.05, 3.63) is 48.2 Å². The molecule has 0 atom stereocenters. The van der Waals surface area contributed by atoms with Gasteiger partial charge in [-0.05, 0) is 0 Å². The molecule has 0 unspecified atom stereocenters. The van der Waals surface area contributed by atoms with Crippen LogP contribution in [-0.2, 0) is 0 Å². The van der Waals surface area contributed by atoms with Crippen LogP contribution >= 0.6 is 11.3 Å². The monoisotopic (exact) mass is 227 g/mol. The van der Waals surface area contributed by atoms with E-state index in [4.69, 9.17) is 0 Å². The lowest BCUT2D eigenvalue weighted by Crippen LogP contribution is -1.81. The zero-order valence-electron chi connectivity index (χ0n) is 8.42. The first-order valence-corrected chi connectivity index (χ1v) is 5.81. The Balaban J connectivity index is 1.97. The zero-order chi connectivity index (χ0) is 10.8. The maximum Gasteiger partial charge on any atom is 0.137 e. The highest BCUT2D eigenvalue weighted by Gasteiger charge is 2.02. The molecular formula is C12H9N3S. The van der Waals surface area contributed by atoms with Gasteiger partial charge >= 0.3 is 0 Å². The SMILES string of the molecule is c1c[nH]c(-c2ccc(-c3nccs3)cc2)n1. The molecule has 0 aliphatic heterocycles. The van der Waals surface area contributed by atoms with Crippen molar-refractivity contribution in [3.63, 3.8) is 0 Å². The molecule has 78 valence electrons. The molecule has 1 N–H and O–H groups in total. The number of benzene rings is 1. The molecule has 0 saturated heterocycles. The van der Waals surface area contributed by atoms with E-state index in [0.29, 0.717) is 0 Å². The van der Waals surface area contributed by atoms with Crippen molar-refractivity contribution in [2.75, 3.05) is 0 Å². The maximum atomic E-state index is 4.27. The van der Waals surface area contributed by atoms with Crippen LogP contribution in [-0.4, -0.2) is 15.0 Å². The van der Waals surface area contributed by atoms with Gasteiger partial charge in [0.2, 0.25) is 0 Å². The molecule has 0 spiro atoms. The first-order valence-electron chi connectivity index (χ1n) is 4.93. The van der Waals surface area contributed by atoms with Gasteiger partial charge in [0.25, 0.3) is 0 Å². The minimum absolute atomic E-state index is 0.894. The molecular weight excluding hydrogens is 218 g/mol. The predicted octanol–water partition coefficient (Wildman–Crippen LogP) is 3.20. The molecule has 0 amide bonds. The van der Waals surface area contributed by atoms with E-state index in [1.165, 1.54) is 0 Å². The second-order valence-corrected chi connectivity index (χ2v) is 4.25. The molecule has 16 heavy (non-hydrogen) atoms. The summed E-state index contributed by atoms with van der Waals surface area (Å²) in [7, 11) is 0. The normalized spacial score (nSPS) is 10.5. The van der Waals surface area contributed by atoms with Gasteiger partial charge in [-0.2, -0.15) is 0 Å². The van der Waals surface area contributed by atoms with Crippen LogP contribution in [0.4, 0.5) is 0 Å². The molecule has 0 saturated carbocycles. The summed E-state index contributed by atoms with van der Waals surface area (Å²) in [4.78, 5) is 11.6. The van der Waals surface area contributed by atoms with Gasteiger partial charge in [-0.1, -0.05) is 24.3 Å². The molecule has 0 aliphatic carbocycles. The Bertz CT molecular complexity index is 500. The Kier molecular flexibility index (Phi) is 2.27. The van der Waals surface area contributed by atoms with Crippen LogP contribution in [0.5, 0.6) is 0 Å². The number of aromatic nitrogens is 3. The van der Waals surface area contributed by atoms with Crippen molar-refractivity contribution < 1.29 is 0 Å². The second kappa shape index (κ2) is 3.90. The molecule has 3 nitrogen and oxygen atoms in total. The summed E-state index contributed by atoms with van der Waals surface area (Å²) in [5.41, 5.74) is 2.23. The molecule has 0 radical (unpaired) electrons. The van der Waals surface area contributed by atoms with Gasteiger partial charge in [-0.15, -0.1) is 11.3 Å². The van der Waals surface area contributed by atoms with E-state index in [9.17, 15) is 0 Å². The van der Waals surface area contributed by atoms with Gasteiger partial charge in [0.15, 0.2) is 0 Å². The smallest absolute Gasteiger partial charge is 0.137 e. The van der Waals surface area contributed by atoms with Crippen molar-refractivity contribution in [1.82, 2.24) is 15.0 Å². The maximum absolute atomic E-state index is 4.27. The lowest BCUT2D eigenvalue weighted by atomic mass is 10.1. The molecule has 4 heteroatoms. The van der Waals surface area contributed by atoms with E-state index in [0.717, 1.165) is 22.0 Å². The number of hydrogen-bond acceptors (Lipinski definition) is 3. The lowest BCUT2D eigenvalue weighted by Gasteiger charge is -1.99. The Morgan fingerprint density at radius 2 is 1.75 bits per heavy atom. The summed E-state index contributed by atoms with van der Waals surface area (Å²) >= 11 is 1.64. The van der Waals surface area contributed by atoms with Gasteiger partial charge in [-0.3, -0.25) is 0 Å².